The number of rotatable bonds is 6. The molecule has 96 valence electrons. The van der Waals surface area contributed by atoms with Crippen LogP contribution in [0.1, 0.15) is 51.9 Å². The number of nitrogens with one attached hydrogen (secondary N) is 1. The van der Waals surface area contributed by atoms with E-state index in [9.17, 15) is 0 Å². The molecule has 1 aliphatic rings. The van der Waals surface area contributed by atoms with Crippen molar-refractivity contribution in [3.63, 3.8) is 0 Å². The van der Waals surface area contributed by atoms with E-state index in [2.05, 4.69) is 17.2 Å². The Balaban J connectivity index is 0.00000225. The Morgan fingerprint density at radius 1 is 1.38 bits per heavy atom. The normalized spacial score (nSPS) is 17.2. The monoisotopic (exact) mass is 339 g/mol. The molecule has 0 aromatic heterocycles. The first-order valence-corrected chi connectivity index (χ1v) is 6.36. The highest BCUT2D eigenvalue weighted by Gasteiger charge is 2.13. The van der Waals surface area contributed by atoms with Gasteiger partial charge in [-0.25, -0.2) is 0 Å². The highest BCUT2D eigenvalue weighted by Crippen LogP contribution is 2.28. The summed E-state index contributed by atoms with van der Waals surface area (Å²) in [5.41, 5.74) is 5.69. The summed E-state index contributed by atoms with van der Waals surface area (Å²) in [4.78, 5) is 4.20. The van der Waals surface area contributed by atoms with E-state index < -0.39 is 0 Å². The minimum Gasteiger partial charge on any atom is -0.370 e. The third kappa shape index (κ3) is 7.30. The lowest BCUT2D eigenvalue weighted by Crippen LogP contribution is -2.32. The number of halogens is 1. The molecule has 0 saturated heterocycles. The van der Waals surface area contributed by atoms with Crippen molar-refractivity contribution < 1.29 is 0 Å². The van der Waals surface area contributed by atoms with Crippen LogP contribution in [0.3, 0.4) is 0 Å². The van der Waals surface area contributed by atoms with Gasteiger partial charge in [-0.1, -0.05) is 32.6 Å². The predicted octanol–water partition coefficient (Wildman–Crippen LogP) is 2.89. The van der Waals surface area contributed by atoms with Gasteiger partial charge in [0.1, 0.15) is 0 Å². The average molecular weight is 339 g/mol. The molecular formula is C12H26IN3. The molecule has 3 nitrogen and oxygen atoms in total. The molecular weight excluding hydrogens is 313 g/mol. The second-order valence-corrected chi connectivity index (χ2v) is 4.49. The van der Waals surface area contributed by atoms with Crippen molar-refractivity contribution in [2.75, 3.05) is 13.1 Å². The summed E-state index contributed by atoms with van der Waals surface area (Å²) < 4.78 is 0. The van der Waals surface area contributed by atoms with Crippen molar-refractivity contribution in [1.82, 2.24) is 5.32 Å². The summed E-state index contributed by atoms with van der Waals surface area (Å²) in [7, 11) is 0. The Hall–Kier alpha value is 0. The van der Waals surface area contributed by atoms with Gasteiger partial charge in [0.15, 0.2) is 5.96 Å². The van der Waals surface area contributed by atoms with E-state index >= 15 is 0 Å². The molecule has 0 bridgehead atoms. The minimum atomic E-state index is 0. The Morgan fingerprint density at radius 3 is 2.69 bits per heavy atom. The molecule has 0 radical (unpaired) electrons. The van der Waals surface area contributed by atoms with Gasteiger partial charge >= 0.3 is 0 Å². The first kappa shape index (κ1) is 16.0. The van der Waals surface area contributed by atoms with E-state index in [1.165, 1.54) is 38.5 Å². The van der Waals surface area contributed by atoms with Crippen LogP contribution >= 0.6 is 24.0 Å². The second kappa shape index (κ2) is 10.2. The van der Waals surface area contributed by atoms with Crippen LogP contribution in [0.2, 0.25) is 0 Å². The van der Waals surface area contributed by atoms with E-state index in [4.69, 9.17) is 5.73 Å². The molecule has 0 atom stereocenters. The zero-order valence-corrected chi connectivity index (χ0v) is 12.7. The molecule has 0 heterocycles. The molecule has 4 heteroatoms. The lowest BCUT2D eigenvalue weighted by atomic mass is 10.0. The van der Waals surface area contributed by atoms with Gasteiger partial charge < -0.3 is 11.1 Å². The van der Waals surface area contributed by atoms with E-state index in [1.807, 2.05) is 0 Å². The van der Waals surface area contributed by atoms with Crippen LogP contribution in [0.5, 0.6) is 0 Å². The van der Waals surface area contributed by atoms with E-state index in [0.29, 0.717) is 5.96 Å². The highest BCUT2D eigenvalue weighted by molar-refractivity contribution is 14.0. The van der Waals surface area contributed by atoms with Gasteiger partial charge in [-0.15, -0.1) is 24.0 Å². The van der Waals surface area contributed by atoms with Gasteiger partial charge in [-0.2, -0.15) is 0 Å². The van der Waals surface area contributed by atoms with Crippen molar-refractivity contribution in [2.45, 2.75) is 51.9 Å². The van der Waals surface area contributed by atoms with Gasteiger partial charge in [-0.3, -0.25) is 4.99 Å². The molecule has 0 spiro atoms. The fraction of sp³-hybridized carbons (Fsp3) is 0.917. The van der Waals surface area contributed by atoms with Gasteiger partial charge in [0.2, 0.25) is 0 Å². The summed E-state index contributed by atoms with van der Waals surface area (Å²) >= 11 is 0. The lowest BCUT2D eigenvalue weighted by Gasteiger charge is -2.09. The fourth-order valence-corrected chi connectivity index (χ4v) is 2.19. The molecule has 1 saturated carbocycles. The van der Waals surface area contributed by atoms with E-state index in [1.54, 1.807) is 0 Å². The highest BCUT2D eigenvalue weighted by atomic mass is 127. The van der Waals surface area contributed by atoms with Crippen LogP contribution in [0.4, 0.5) is 0 Å². The maximum Gasteiger partial charge on any atom is 0.188 e. The van der Waals surface area contributed by atoms with Crippen LogP contribution in [0.25, 0.3) is 0 Å². The maximum atomic E-state index is 5.69. The Morgan fingerprint density at radius 2 is 2.06 bits per heavy atom. The van der Waals surface area contributed by atoms with Gasteiger partial charge in [-0.05, 0) is 25.2 Å². The lowest BCUT2D eigenvalue weighted by molar-refractivity contribution is 0.482. The molecule has 1 rings (SSSR count). The summed E-state index contributed by atoms with van der Waals surface area (Å²) in [6.45, 7) is 3.92. The number of aliphatic imine (C=N–C) groups is 1. The maximum absolute atomic E-state index is 5.69. The van der Waals surface area contributed by atoms with Crippen molar-refractivity contribution in [1.29, 1.82) is 0 Å². The Labute approximate surface area is 117 Å². The van der Waals surface area contributed by atoms with Crippen LogP contribution in [-0.4, -0.2) is 19.0 Å². The number of hydrogen-bond donors (Lipinski definition) is 2. The molecule has 0 unspecified atom stereocenters. The van der Waals surface area contributed by atoms with Crippen molar-refractivity contribution >= 4 is 29.9 Å². The summed E-state index contributed by atoms with van der Waals surface area (Å²) in [5, 5.41) is 3.17. The third-order valence-electron chi connectivity index (χ3n) is 3.08. The first-order valence-electron chi connectivity index (χ1n) is 6.36. The topological polar surface area (TPSA) is 50.4 Å². The number of hydrogen-bond acceptors (Lipinski definition) is 1. The molecule has 0 aliphatic heterocycles. The van der Waals surface area contributed by atoms with Crippen LogP contribution in [0.15, 0.2) is 4.99 Å². The molecule has 3 N–H and O–H groups in total. The molecule has 1 aliphatic carbocycles. The molecule has 0 aromatic rings. The van der Waals surface area contributed by atoms with Gasteiger partial charge in [0.05, 0.1) is 0 Å². The SMILES string of the molecule is CCCN=C(N)NCCCC1CCCC1.I. The van der Waals surface area contributed by atoms with Crippen molar-refractivity contribution in [3.8, 4) is 0 Å². The molecule has 16 heavy (non-hydrogen) atoms. The zero-order chi connectivity index (χ0) is 10.9. The summed E-state index contributed by atoms with van der Waals surface area (Å²) in [6, 6.07) is 0. The van der Waals surface area contributed by atoms with E-state index in [0.717, 1.165) is 25.4 Å². The second-order valence-electron chi connectivity index (χ2n) is 4.49. The quantitative estimate of drug-likeness (QED) is 0.338. The van der Waals surface area contributed by atoms with Crippen molar-refractivity contribution in [3.05, 3.63) is 0 Å². The molecule has 0 amide bonds. The van der Waals surface area contributed by atoms with E-state index in [-0.39, 0.29) is 24.0 Å². The summed E-state index contributed by atoms with van der Waals surface area (Å²) in [6.07, 6.45) is 9.42. The van der Waals surface area contributed by atoms with Gasteiger partial charge in [0, 0.05) is 13.1 Å². The minimum absolute atomic E-state index is 0. The molecule has 1 fully saturated rings. The fourth-order valence-electron chi connectivity index (χ4n) is 2.19. The number of guanidine groups is 1. The van der Waals surface area contributed by atoms with Crippen LogP contribution in [-0.2, 0) is 0 Å². The zero-order valence-electron chi connectivity index (χ0n) is 10.4. The predicted molar refractivity (Wildman–Crippen MR) is 81.4 cm³/mol. The van der Waals surface area contributed by atoms with Crippen LogP contribution in [0, 0.1) is 5.92 Å². The largest absolute Gasteiger partial charge is 0.370 e. The van der Waals surface area contributed by atoms with Crippen LogP contribution < -0.4 is 11.1 Å². The number of nitrogens with two attached hydrogens (primary N) is 1. The average Bonchev–Trinajstić information content (AvgIpc) is 2.74. The number of nitrogens with zero attached hydrogens (tertiary/aromatic N) is 1. The Bertz CT molecular complexity index is 189. The molecule has 0 aromatic carbocycles. The smallest absolute Gasteiger partial charge is 0.188 e. The van der Waals surface area contributed by atoms with Crippen molar-refractivity contribution in [2.24, 2.45) is 16.6 Å². The third-order valence-corrected chi connectivity index (χ3v) is 3.08. The standard InChI is InChI=1S/C12H25N3.HI/c1-2-9-14-12(13)15-10-5-8-11-6-3-4-7-11;/h11H,2-10H2,1H3,(H3,13,14,15);1H. The first-order chi connectivity index (χ1) is 7.33. The van der Waals surface area contributed by atoms with Gasteiger partial charge in [0.25, 0.3) is 0 Å². The summed E-state index contributed by atoms with van der Waals surface area (Å²) in [5.74, 6) is 1.60. The Kier molecular flexibility index (Phi) is 10.2.